The SMILES string of the molecule is NC[C@@]1(CO)C[C@@H]1c1ccccc1C(F)(F)F. The maximum absolute atomic E-state index is 12.8. The van der Waals surface area contributed by atoms with E-state index in [1.807, 2.05) is 0 Å². The Labute approximate surface area is 97.2 Å². The van der Waals surface area contributed by atoms with Crippen LogP contribution in [0.15, 0.2) is 24.3 Å². The van der Waals surface area contributed by atoms with Crippen molar-refractivity contribution in [3.8, 4) is 0 Å². The van der Waals surface area contributed by atoms with Gasteiger partial charge in [0.05, 0.1) is 12.2 Å². The molecule has 2 nitrogen and oxygen atoms in total. The first kappa shape index (κ1) is 12.4. The van der Waals surface area contributed by atoms with Crippen LogP contribution in [0.4, 0.5) is 13.2 Å². The molecule has 0 aliphatic heterocycles. The van der Waals surface area contributed by atoms with E-state index in [0.717, 1.165) is 6.07 Å². The third-order valence-electron chi connectivity index (χ3n) is 3.55. The lowest BCUT2D eigenvalue weighted by Crippen LogP contribution is -2.22. The molecule has 2 atom stereocenters. The molecule has 2 rings (SSSR count). The molecular weight excluding hydrogens is 231 g/mol. The van der Waals surface area contributed by atoms with Crippen molar-refractivity contribution in [3.63, 3.8) is 0 Å². The molecule has 5 heteroatoms. The second-order valence-electron chi connectivity index (χ2n) is 4.57. The van der Waals surface area contributed by atoms with Crippen LogP contribution in [0.2, 0.25) is 0 Å². The molecule has 94 valence electrons. The van der Waals surface area contributed by atoms with Crippen molar-refractivity contribution >= 4 is 0 Å². The molecule has 1 aliphatic rings. The first-order valence-corrected chi connectivity index (χ1v) is 5.42. The Balaban J connectivity index is 2.36. The van der Waals surface area contributed by atoms with Crippen LogP contribution in [-0.4, -0.2) is 18.3 Å². The van der Waals surface area contributed by atoms with Gasteiger partial charge in [0, 0.05) is 12.0 Å². The van der Waals surface area contributed by atoms with Gasteiger partial charge in [0.2, 0.25) is 0 Å². The summed E-state index contributed by atoms with van der Waals surface area (Å²) in [5.41, 5.74) is 4.60. The Morgan fingerprint density at radius 3 is 2.47 bits per heavy atom. The van der Waals surface area contributed by atoms with Gasteiger partial charge in [-0.15, -0.1) is 0 Å². The molecule has 1 saturated carbocycles. The summed E-state index contributed by atoms with van der Waals surface area (Å²) in [6.45, 7) is 0.0424. The van der Waals surface area contributed by atoms with Crippen LogP contribution in [0, 0.1) is 5.41 Å². The number of nitrogens with two attached hydrogens (primary N) is 1. The van der Waals surface area contributed by atoms with Gasteiger partial charge in [-0.1, -0.05) is 18.2 Å². The van der Waals surface area contributed by atoms with Crippen LogP contribution in [0.25, 0.3) is 0 Å². The van der Waals surface area contributed by atoms with Crippen molar-refractivity contribution in [2.45, 2.75) is 18.5 Å². The van der Waals surface area contributed by atoms with Gasteiger partial charge in [0.15, 0.2) is 0 Å². The quantitative estimate of drug-likeness (QED) is 0.857. The number of halogens is 3. The number of alkyl halides is 3. The average molecular weight is 245 g/mol. The van der Waals surface area contributed by atoms with Gasteiger partial charge in [-0.05, 0) is 24.0 Å². The van der Waals surface area contributed by atoms with Gasteiger partial charge >= 0.3 is 6.18 Å². The zero-order valence-electron chi connectivity index (χ0n) is 9.17. The summed E-state index contributed by atoms with van der Waals surface area (Å²) in [5.74, 6) is -0.282. The van der Waals surface area contributed by atoms with Crippen molar-refractivity contribution in [3.05, 3.63) is 35.4 Å². The van der Waals surface area contributed by atoms with Crippen LogP contribution in [0.3, 0.4) is 0 Å². The molecule has 1 aliphatic carbocycles. The highest BCUT2D eigenvalue weighted by Gasteiger charge is 2.55. The lowest BCUT2D eigenvalue weighted by Gasteiger charge is -2.16. The molecule has 0 spiro atoms. The summed E-state index contributed by atoms with van der Waals surface area (Å²) < 4.78 is 38.4. The number of aliphatic hydroxyl groups is 1. The summed E-state index contributed by atoms with van der Waals surface area (Å²) in [6.07, 6.45) is -3.83. The minimum Gasteiger partial charge on any atom is -0.396 e. The third-order valence-corrected chi connectivity index (χ3v) is 3.55. The molecular formula is C12H14F3NO. The van der Waals surface area contributed by atoms with E-state index in [0.29, 0.717) is 6.42 Å². The van der Waals surface area contributed by atoms with Gasteiger partial charge < -0.3 is 10.8 Å². The average Bonchev–Trinajstić information content (AvgIpc) is 3.03. The fraction of sp³-hybridized carbons (Fsp3) is 0.500. The van der Waals surface area contributed by atoms with Gasteiger partial charge in [0.25, 0.3) is 0 Å². The van der Waals surface area contributed by atoms with E-state index < -0.39 is 17.2 Å². The molecule has 1 aromatic carbocycles. The van der Waals surface area contributed by atoms with Crippen LogP contribution in [-0.2, 0) is 6.18 Å². The van der Waals surface area contributed by atoms with Crippen molar-refractivity contribution in [1.82, 2.24) is 0 Å². The molecule has 17 heavy (non-hydrogen) atoms. The fourth-order valence-electron chi connectivity index (χ4n) is 2.31. The Morgan fingerprint density at radius 2 is 2.00 bits per heavy atom. The van der Waals surface area contributed by atoms with Crippen LogP contribution < -0.4 is 5.73 Å². The summed E-state index contributed by atoms with van der Waals surface area (Å²) in [5, 5.41) is 9.22. The molecule has 0 unspecified atom stereocenters. The summed E-state index contributed by atoms with van der Waals surface area (Å²) in [6, 6.07) is 5.51. The van der Waals surface area contributed by atoms with E-state index in [1.54, 1.807) is 6.07 Å². The highest BCUT2D eigenvalue weighted by molar-refractivity contribution is 5.39. The molecule has 0 aromatic heterocycles. The van der Waals surface area contributed by atoms with Crippen molar-refractivity contribution in [1.29, 1.82) is 0 Å². The van der Waals surface area contributed by atoms with Crippen LogP contribution >= 0.6 is 0 Å². The lowest BCUT2D eigenvalue weighted by atomic mass is 9.96. The van der Waals surface area contributed by atoms with E-state index in [2.05, 4.69) is 0 Å². The van der Waals surface area contributed by atoms with Crippen molar-refractivity contribution in [2.75, 3.05) is 13.2 Å². The van der Waals surface area contributed by atoms with E-state index in [-0.39, 0.29) is 24.6 Å². The normalized spacial score (nSPS) is 28.2. The Morgan fingerprint density at radius 1 is 1.35 bits per heavy atom. The topological polar surface area (TPSA) is 46.2 Å². The minimum atomic E-state index is -4.35. The predicted molar refractivity (Wildman–Crippen MR) is 57.4 cm³/mol. The third kappa shape index (κ3) is 2.05. The van der Waals surface area contributed by atoms with Crippen molar-refractivity contribution < 1.29 is 18.3 Å². The maximum Gasteiger partial charge on any atom is 0.416 e. The molecule has 0 heterocycles. The lowest BCUT2D eigenvalue weighted by molar-refractivity contribution is -0.138. The molecule has 0 saturated heterocycles. The highest BCUT2D eigenvalue weighted by Crippen LogP contribution is 2.59. The largest absolute Gasteiger partial charge is 0.416 e. The number of aliphatic hydroxyl groups excluding tert-OH is 1. The predicted octanol–water partition coefficient (Wildman–Crippen LogP) is 2.13. The molecule has 0 radical (unpaired) electrons. The van der Waals surface area contributed by atoms with E-state index in [9.17, 15) is 18.3 Å². The first-order valence-electron chi connectivity index (χ1n) is 5.42. The molecule has 3 N–H and O–H groups in total. The molecule has 1 aromatic rings. The van der Waals surface area contributed by atoms with Crippen LogP contribution in [0.5, 0.6) is 0 Å². The number of hydrogen-bond donors (Lipinski definition) is 2. The smallest absolute Gasteiger partial charge is 0.396 e. The van der Waals surface area contributed by atoms with Crippen molar-refractivity contribution in [2.24, 2.45) is 11.1 Å². The highest BCUT2D eigenvalue weighted by atomic mass is 19.4. The first-order chi connectivity index (χ1) is 7.94. The molecule has 1 fully saturated rings. The van der Waals surface area contributed by atoms with E-state index >= 15 is 0 Å². The Kier molecular flexibility index (Phi) is 2.91. The number of rotatable bonds is 3. The second kappa shape index (κ2) is 3.99. The Hall–Kier alpha value is -1.07. The fourth-order valence-corrected chi connectivity index (χ4v) is 2.31. The number of hydrogen-bond acceptors (Lipinski definition) is 2. The van der Waals surface area contributed by atoms with E-state index in [4.69, 9.17) is 5.73 Å². The molecule has 0 bridgehead atoms. The number of benzene rings is 1. The summed E-state index contributed by atoms with van der Waals surface area (Å²) >= 11 is 0. The monoisotopic (exact) mass is 245 g/mol. The standard InChI is InChI=1S/C12H14F3NO/c13-12(14,15)9-4-2-1-3-8(9)10-5-11(10,6-16)7-17/h1-4,10,17H,5-7,16H2/t10-,11-/m1/s1. The molecule has 0 amide bonds. The van der Waals surface area contributed by atoms with Gasteiger partial charge in [-0.3, -0.25) is 0 Å². The Bertz CT molecular complexity index is 412. The zero-order valence-corrected chi connectivity index (χ0v) is 9.17. The summed E-state index contributed by atoms with van der Waals surface area (Å²) in [4.78, 5) is 0. The zero-order chi connectivity index (χ0) is 12.7. The maximum atomic E-state index is 12.8. The van der Waals surface area contributed by atoms with Gasteiger partial charge in [-0.25, -0.2) is 0 Å². The van der Waals surface area contributed by atoms with E-state index in [1.165, 1.54) is 12.1 Å². The van der Waals surface area contributed by atoms with Gasteiger partial charge in [-0.2, -0.15) is 13.2 Å². The second-order valence-corrected chi connectivity index (χ2v) is 4.57. The van der Waals surface area contributed by atoms with Crippen LogP contribution in [0.1, 0.15) is 23.5 Å². The van der Waals surface area contributed by atoms with Gasteiger partial charge in [0.1, 0.15) is 0 Å². The minimum absolute atomic E-state index is 0.166. The summed E-state index contributed by atoms with van der Waals surface area (Å²) in [7, 11) is 0.